The Morgan fingerprint density at radius 2 is 1.67 bits per heavy atom. The van der Waals surface area contributed by atoms with E-state index >= 15 is 0 Å². The number of hydrogen-bond acceptors (Lipinski definition) is 0. The van der Waals surface area contributed by atoms with E-state index in [0.717, 1.165) is 12.8 Å². The largest absolute Gasteiger partial charge is 0.0835 e. The highest BCUT2D eigenvalue weighted by molar-refractivity contribution is 9.09. The van der Waals surface area contributed by atoms with Gasteiger partial charge in [0.25, 0.3) is 0 Å². The minimum Gasteiger partial charge on any atom is -0.0835 e. The predicted molar refractivity (Wildman–Crippen MR) is 82.4 cm³/mol. The lowest BCUT2D eigenvalue weighted by atomic mass is 9.98. The Bertz CT molecular complexity index is 499. The molecule has 0 fully saturated rings. The lowest BCUT2D eigenvalue weighted by Gasteiger charge is -2.14. The van der Waals surface area contributed by atoms with Gasteiger partial charge in [-0.05, 0) is 36.5 Å². The Labute approximate surface area is 118 Å². The molecule has 0 amide bonds. The van der Waals surface area contributed by atoms with E-state index in [4.69, 9.17) is 0 Å². The first kappa shape index (κ1) is 13.4. The van der Waals surface area contributed by atoms with E-state index in [2.05, 4.69) is 78.3 Å². The monoisotopic (exact) mass is 302 g/mol. The topological polar surface area (TPSA) is 0 Å². The molecule has 0 aliphatic carbocycles. The lowest BCUT2D eigenvalue weighted by molar-refractivity contribution is 0.920. The maximum atomic E-state index is 3.83. The van der Waals surface area contributed by atoms with E-state index in [0.29, 0.717) is 4.83 Å². The van der Waals surface area contributed by atoms with Crippen molar-refractivity contribution in [3.05, 3.63) is 70.8 Å². The fraction of sp³-hybridized carbons (Fsp3) is 0.294. The smallest absolute Gasteiger partial charge is 0.0438 e. The van der Waals surface area contributed by atoms with Crippen molar-refractivity contribution in [3.63, 3.8) is 0 Å². The number of benzene rings is 2. The Morgan fingerprint density at radius 1 is 1.00 bits per heavy atom. The van der Waals surface area contributed by atoms with Crippen molar-refractivity contribution < 1.29 is 0 Å². The average Bonchev–Trinajstić information content (AvgIpc) is 2.41. The summed E-state index contributed by atoms with van der Waals surface area (Å²) in [5.74, 6) is 0. The van der Waals surface area contributed by atoms with Crippen LogP contribution < -0.4 is 0 Å². The van der Waals surface area contributed by atoms with Crippen molar-refractivity contribution >= 4 is 15.9 Å². The third kappa shape index (κ3) is 3.23. The van der Waals surface area contributed by atoms with Crippen LogP contribution in [0.4, 0.5) is 0 Å². The zero-order valence-corrected chi connectivity index (χ0v) is 12.6. The molecule has 2 rings (SSSR count). The molecule has 0 aliphatic rings. The van der Waals surface area contributed by atoms with Crippen LogP contribution in [0.25, 0.3) is 0 Å². The van der Waals surface area contributed by atoms with Crippen molar-refractivity contribution in [2.45, 2.75) is 31.5 Å². The molecule has 0 nitrogen and oxygen atoms in total. The highest BCUT2D eigenvalue weighted by Crippen LogP contribution is 2.29. The van der Waals surface area contributed by atoms with Crippen LogP contribution in [0.1, 0.15) is 34.0 Å². The maximum Gasteiger partial charge on any atom is 0.0438 e. The van der Waals surface area contributed by atoms with Gasteiger partial charge in [0, 0.05) is 4.83 Å². The van der Waals surface area contributed by atoms with Crippen molar-refractivity contribution in [1.29, 1.82) is 0 Å². The first-order chi connectivity index (χ1) is 8.70. The van der Waals surface area contributed by atoms with Crippen LogP contribution >= 0.6 is 15.9 Å². The molecule has 1 unspecified atom stereocenters. The van der Waals surface area contributed by atoms with Gasteiger partial charge in [-0.1, -0.05) is 76.9 Å². The summed E-state index contributed by atoms with van der Waals surface area (Å²) in [7, 11) is 0. The minimum absolute atomic E-state index is 0.399. The average molecular weight is 303 g/mol. The second kappa shape index (κ2) is 6.19. The quantitative estimate of drug-likeness (QED) is 0.678. The van der Waals surface area contributed by atoms with E-state index in [1.165, 1.54) is 22.3 Å². The Hall–Kier alpha value is -1.08. The summed E-state index contributed by atoms with van der Waals surface area (Å²) in [5.41, 5.74) is 5.55. The fourth-order valence-corrected chi connectivity index (χ4v) is 3.02. The molecular weight excluding hydrogens is 284 g/mol. The van der Waals surface area contributed by atoms with Gasteiger partial charge in [0.05, 0.1) is 0 Å². The first-order valence-corrected chi connectivity index (χ1v) is 7.39. The molecule has 2 aromatic rings. The Kier molecular flexibility index (Phi) is 4.60. The third-order valence-electron chi connectivity index (χ3n) is 3.31. The highest BCUT2D eigenvalue weighted by Gasteiger charge is 2.11. The van der Waals surface area contributed by atoms with Crippen molar-refractivity contribution in [3.8, 4) is 0 Å². The number of halogens is 1. The van der Waals surface area contributed by atoms with Crippen molar-refractivity contribution in [2.75, 3.05) is 0 Å². The minimum atomic E-state index is 0.399. The SMILES string of the molecule is CCc1ccccc1C(Br)Cc1ccc(C)cc1. The van der Waals surface area contributed by atoms with Crippen LogP contribution in [0.2, 0.25) is 0 Å². The third-order valence-corrected chi connectivity index (χ3v) is 4.13. The molecule has 0 bridgehead atoms. The van der Waals surface area contributed by atoms with E-state index in [-0.39, 0.29) is 0 Å². The summed E-state index contributed by atoms with van der Waals surface area (Å²) in [6, 6.07) is 17.5. The molecule has 0 N–H and O–H groups in total. The van der Waals surface area contributed by atoms with Gasteiger partial charge >= 0.3 is 0 Å². The molecule has 2 aromatic carbocycles. The van der Waals surface area contributed by atoms with Gasteiger partial charge in [-0.3, -0.25) is 0 Å². The molecule has 94 valence electrons. The summed E-state index contributed by atoms with van der Waals surface area (Å²) >= 11 is 3.83. The number of rotatable bonds is 4. The first-order valence-electron chi connectivity index (χ1n) is 6.48. The Morgan fingerprint density at radius 3 is 2.33 bits per heavy atom. The molecular formula is C17H19Br. The van der Waals surface area contributed by atoms with Crippen LogP contribution in [-0.4, -0.2) is 0 Å². The standard InChI is InChI=1S/C17H19Br/c1-3-15-6-4-5-7-16(15)17(18)12-14-10-8-13(2)9-11-14/h4-11,17H,3,12H2,1-2H3. The Balaban J connectivity index is 2.16. The summed E-state index contributed by atoms with van der Waals surface area (Å²) in [6.45, 7) is 4.34. The fourth-order valence-electron chi connectivity index (χ4n) is 2.20. The zero-order chi connectivity index (χ0) is 13.0. The van der Waals surface area contributed by atoms with Gasteiger partial charge in [0.1, 0.15) is 0 Å². The van der Waals surface area contributed by atoms with E-state index < -0.39 is 0 Å². The van der Waals surface area contributed by atoms with Crippen LogP contribution in [-0.2, 0) is 12.8 Å². The van der Waals surface area contributed by atoms with Gasteiger partial charge in [-0.15, -0.1) is 0 Å². The van der Waals surface area contributed by atoms with E-state index in [9.17, 15) is 0 Å². The molecule has 0 spiro atoms. The van der Waals surface area contributed by atoms with E-state index in [1.807, 2.05) is 0 Å². The predicted octanol–water partition coefficient (Wildman–Crippen LogP) is 5.24. The van der Waals surface area contributed by atoms with Gasteiger partial charge < -0.3 is 0 Å². The zero-order valence-electron chi connectivity index (χ0n) is 11.0. The molecule has 0 saturated carbocycles. The number of aryl methyl sites for hydroxylation is 2. The molecule has 0 aliphatic heterocycles. The summed E-state index contributed by atoms with van der Waals surface area (Å²) in [4.78, 5) is 0.399. The van der Waals surface area contributed by atoms with Gasteiger partial charge in [0.15, 0.2) is 0 Å². The second-order valence-electron chi connectivity index (χ2n) is 4.71. The van der Waals surface area contributed by atoms with Crippen molar-refractivity contribution in [1.82, 2.24) is 0 Å². The molecule has 0 radical (unpaired) electrons. The van der Waals surface area contributed by atoms with Gasteiger partial charge in [-0.25, -0.2) is 0 Å². The van der Waals surface area contributed by atoms with Crippen molar-refractivity contribution in [2.24, 2.45) is 0 Å². The van der Waals surface area contributed by atoms with Gasteiger partial charge in [-0.2, -0.15) is 0 Å². The summed E-state index contributed by atoms with van der Waals surface area (Å²) < 4.78 is 0. The number of hydrogen-bond donors (Lipinski definition) is 0. The summed E-state index contributed by atoms with van der Waals surface area (Å²) in [5, 5.41) is 0. The number of alkyl halides is 1. The molecule has 18 heavy (non-hydrogen) atoms. The van der Waals surface area contributed by atoms with Gasteiger partial charge in [0.2, 0.25) is 0 Å². The molecule has 1 atom stereocenters. The second-order valence-corrected chi connectivity index (χ2v) is 5.81. The molecule has 0 saturated heterocycles. The lowest BCUT2D eigenvalue weighted by Crippen LogP contribution is -1.99. The molecule has 0 heterocycles. The van der Waals surface area contributed by atoms with Crippen LogP contribution in [0.15, 0.2) is 48.5 Å². The highest BCUT2D eigenvalue weighted by atomic mass is 79.9. The molecule has 0 aromatic heterocycles. The maximum absolute atomic E-state index is 3.83. The van der Waals surface area contributed by atoms with Crippen LogP contribution in [0.3, 0.4) is 0 Å². The van der Waals surface area contributed by atoms with Crippen LogP contribution in [0, 0.1) is 6.92 Å². The molecule has 1 heteroatoms. The van der Waals surface area contributed by atoms with E-state index in [1.54, 1.807) is 0 Å². The summed E-state index contributed by atoms with van der Waals surface area (Å²) in [6.07, 6.45) is 2.13. The van der Waals surface area contributed by atoms with Crippen LogP contribution in [0.5, 0.6) is 0 Å². The normalized spacial score (nSPS) is 12.4.